The third-order valence-corrected chi connectivity index (χ3v) is 6.57. The van der Waals surface area contributed by atoms with E-state index in [4.69, 9.17) is 4.74 Å². The van der Waals surface area contributed by atoms with Gasteiger partial charge in [-0.1, -0.05) is 72.6 Å². The van der Waals surface area contributed by atoms with E-state index in [-0.39, 0.29) is 5.60 Å². The largest absolute Gasteiger partial charge is 0.341 e. The number of aryl methyl sites for hydroxylation is 1. The van der Waals surface area contributed by atoms with Crippen LogP contribution in [-0.2, 0) is 16.1 Å². The number of likely N-dealkylation sites (tertiary alicyclic amines) is 1. The van der Waals surface area contributed by atoms with E-state index in [1.165, 1.54) is 52.3 Å². The normalized spacial score (nSPS) is 24.4. The van der Waals surface area contributed by atoms with E-state index in [2.05, 4.69) is 86.3 Å². The van der Waals surface area contributed by atoms with Gasteiger partial charge in [-0.2, -0.15) is 0 Å². The standard InChI is InChI=1S/C26H29NO/c1-19-13-15-21(16-14-19)26(27-17-5-4-6-18-27)23-12-8-10-20-9-7-11-22(24(20)23)25(2,3)28-26/h7-16H,4-6,17-18H2,1-3H3. The summed E-state index contributed by atoms with van der Waals surface area (Å²) in [7, 11) is 0. The van der Waals surface area contributed by atoms with Gasteiger partial charge in [0, 0.05) is 24.2 Å². The number of ether oxygens (including phenoxy) is 1. The molecule has 144 valence electrons. The lowest BCUT2D eigenvalue weighted by Gasteiger charge is -2.53. The second kappa shape index (κ2) is 6.43. The van der Waals surface area contributed by atoms with E-state index in [0.29, 0.717) is 0 Å². The highest BCUT2D eigenvalue weighted by molar-refractivity contribution is 5.91. The molecule has 2 heterocycles. The molecule has 3 aromatic carbocycles. The zero-order valence-electron chi connectivity index (χ0n) is 17.2. The summed E-state index contributed by atoms with van der Waals surface area (Å²) in [4.78, 5) is 2.59. The predicted octanol–water partition coefficient (Wildman–Crippen LogP) is 6.10. The summed E-state index contributed by atoms with van der Waals surface area (Å²) in [5.74, 6) is 0. The van der Waals surface area contributed by atoms with Crippen molar-refractivity contribution in [2.45, 2.75) is 51.4 Å². The summed E-state index contributed by atoms with van der Waals surface area (Å²) in [6, 6.07) is 22.3. The van der Waals surface area contributed by atoms with Gasteiger partial charge in [0.25, 0.3) is 0 Å². The van der Waals surface area contributed by atoms with Gasteiger partial charge in [0.1, 0.15) is 0 Å². The van der Waals surface area contributed by atoms with Crippen molar-refractivity contribution in [3.05, 3.63) is 82.9 Å². The SMILES string of the molecule is Cc1ccc(C2(N3CCCCC3)OC(C)(C)c3cccc4cccc2c34)cc1. The summed E-state index contributed by atoms with van der Waals surface area (Å²) < 4.78 is 7.17. The molecule has 0 bridgehead atoms. The van der Waals surface area contributed by atoms with Crippen LogP contribution in [0.4, 0.5) is 0 Å². The van der Waals surface area contributed by atoms with Crippen LogP contribution in [0.1, 0.15) is 55.4 Å². The molecule has 0 radical (unpaired) electrons. The maximum atomic E-state index is 7.17. The molecule has 2 heteroatoms. The first-order valence-corrected chi connectivity index (χ1v) is 10.6. The molecule has 0 amide bonds. The molecule has 0 aliphatic carbocycles. The Bertz CT molecular complexity index is 1010. The van der Waals surface area contributed by atoms with Crippen molar-refractivity contribution in [2.75, 3.05) is 13.1 Å². The fourth-order valence-corrected chi connectivity index (χ4v) is 5.22. The van der Waals surface area contributed by atoms with E-state index in [0.717, 1.165) is 13.1 Å². The minimum Gasteiger partial charge on any atom is -0.341 e. The number of rotatable bonds is 2. The summed E-state index contributed by atoms with van der Waals surface area (Å²) in [6.07, 6.45) is 3.77. The molecule has 2 nitrogen and oxygen atoms in total. The Morgan fingerprint density at radius 1 is 0.786 bits per heavy atom. The molecule has 0 spiro atoms. The van der Waals surface area contributed by atoms with E-state index in [1.807, 2.05) is 0 Å². The lowest BCUT2D eigenvalue weighted by Crippen LogP contribution is -2.55. The lowest BCUT2D eigenvalue weighted by molar-refractivity contribution is -0.214. The smallest absolute Gasteiger partial charge is 0.175 e. The quantitative estimate of drug-likeness (QED) is 0.539. The molecular weight excluding hydrogens is 342 g/mol. The van der Waals surface area contributed by atoms with Crippen molar-refractivity contribution in [3.63, 3.8) is 0 Å². The van der Waals surface area contributed by atoms with Crippen molar-refractivity contribution in [1.82, 2.24) is 4.90 Å². The molecule has 0 N–H and O–H groups in total. The van der Waals surface area contributed by atoms with E-state index >= 15 is 0 Å². The van der Waals surface area contributed by atoms with E-state index in [1.54, 1.807) is 0 Å². The predicted molar refractivity (Wildman–Crippen MR) is 115 cm³/mol. The number of hydrogen-bond acceptors (Lipinski definition) is 2. The van der Waals surface area contributed by atoms with E-state index in [9.17, 15) is 0 Å². The Labute approximate surface area is 168 Å². The van der Waals surface area contributed by atoms with Gasteiger partial charge in [-0.05, 0) is 49.9 Å². The first kappa shape index (κ1) is 17.9. The maximum absolute atomic E-state index is 7.17. The third kappa shape index (κ3) is 2.55. The first-order chi connectivity index (χ1) is 13.5. The molecular formula is C26H29NO. The molecule has 1 atom stereocenters. The van der Waals surface area contributed by atoms with Crippen molar-refractivity contribution < 1.29 is 4.74 Å². The summed E-state index contributed by atoms with van der Waals surface area (Å²) in [5.41, 5.74) is 4.22. The average molecular weight is 372 g/mol. The number of nitrogens with zero attached hydrogens (tertiary/aromatic N) is 1. The number of benzene rings is 3. The number of hydrogen-bond donors (Lipinski definition) is 0. The van der Waals surface area contributed by atoms with Crippen molar-refractivity contribution >= 4 is 10.8 Å². The molecule has 1 fully saturated rings. The van der Waals surface area contributed by atoms with Gasteiger partial charge >= 0.3 is 0 Å². The Hall–Kier alpha value is -2.16. The summed E-state index contributed by atoms with van der Waals surface area (Å²) in [6.45, 7) is 8.75. The second-order valence-corrected chi connectivity index (χ2v) is 8.88. The Balaban J connectivity index is 1.86. The van der Waals surface area contributed by atoms with Gasteiger partial charge in [0.15, 0.2) is 5.72 Å². The highest BCUT2D eigenvalue weighted by atomic mass is 16.5. The average Bonchev–Trinajstić information content (AvgIpc) is 2.72. The highest BCUT2D eigenvalue weighted by Gasteiger charge is 2.50. The van der Waals surface area contributed by atoms with Crippen LogP contribution in [0.3, 0.4) is 0 Å². The number of piperidine rings is 1. The lowest BCUT2D eigenvalue weighted by atomic mass is 9.79. The van der Waals surface area contributed by atoms with Crippen LogP contribution in [0.5, 0.6) is 0 Å². The van der Waals surface area contributed by atoms with Crippen LogP contribution in [-0.4, -0.2) is 18.0 Å². The van der Waals surface area contributed by atoms with Crippen LogP contribution < -0.4 is 0 Å². The van der Waals surface area contributed by atoms with Gasteiger partial charge < -0.3 is 4.74 Å². The molecule has 1 unspecified atom stereocenters. The van der Waals surface area contributed by atoms with Gasteiger partial charge in [-0.25, -0.2) is 0 Å². The van der Waals surface area contributed by atoms with Crippen LogP contribution in [0.2, 0.25) is 0 Å². The fourth-order valence-electron chi connectivity index (χ4n) is 5.22. The van der Waals surface area contributed by atoms with Gasteiger partial charge in [-0.15, -0.1) is 0 Å². The molecule has 2 aliphatic heterocycles. The van der Waals surface area contributed by atoms with Crippen molar-refractivity contribution in [1.29, 1.82) is 0 Å². The fraction of sp³-hybridized carbons (Fsp3) is 0.385. The van der Waals surface area contributed by atoms with Gasteiger partial charge in [0.05, 0.1) is 5.60 Å². The van der Waals surface area contributed by atoms with Gasteiger partial charge in [0.2, 0.25) is 0 Å². The second-order valence-electron chi connectivity index (χ2n) is 8.88. The van der Waals surface area contributed by atoms with E-state index < -0.39 is 5.72 Å². The zero-order chi connectivity index (χ0) is 19.4. The first-order valence-electron chi connectivity index (χ1n) is 10.6. The summed E-state index contributed by atoms with van der Waals surface area (Å²) in [5, 5.41) is 2.67. The third-order valence-electron chi connectivity index (χ3n) is 6.57. The van der Waals surface area contributed by atoms with Gasteiger partial charge in [-0.3, -0.25) is 4.90 Å². The Morgan fingerprint density at radius 2 is 1.43 bits per heavy atom. The Morgan fingerprint density at radius 3 is 2.11 bits per heavy atom. The minimum absolute atomic E-state index is 0.365. The highest BCUT2D eigenvalue weighted by Crippen LogP contribution is 2.52. The Kier molecular flexibility index (Phi) is 4.12. The molecule has 28 heavy (non-hydrogen) atoms. The van der Waals surface area contributed by atoms with Crippen molar-refractivity contribution in [3.8, 4) is 0 Å². The van der Waals surface area contributed by atoms with Crippen LogP contribution in [0, 0.1) is 6.92 Å². The molecule has 5 rings (SSSR count). The topological polar surface area (TPSA) is 12.5 Å². The minimum atomic E-state index is -0.536. The van der Waals surface area contributed by atoms with Crippen molar-refractivity contribution in [2.24, 2.45) is 0 Å². The molecule has 3 aromatic rings. The van der Waals surface area contributed by atoms with Crippen LogP contribution >= 0.6 is 0 Å². The summed E-state index contributed by atoms with van der Waals surface area (Å²) >= 11 is 0. The molecule has 0 aromatic heterocycles. The monoisotopic (exact) mass is 371 g/mol. The maximum Gasteiger partial charge on any atom is 0.175 e. The molecule has 2 aliphatic rings. The zero-order valence-corrected chi connectivity index (χ0v) is 17.2. The van der Waals surface area contributed by atoms with Crippen LogP contribution in [0.25, 0.3) is 10.8 Å². The molecule has 0 saturated carbocycles. The van der Waals surface area contributed by atoms with Crippen LogP contribution in [0.15, 0.2) is 60.7 Å². The molecule has 1 saturated heterocycles.